The summed E-state index contributed by atoms with van der Waals surface area (Å²) in [6, 6.07) is 8.21. The lowest BCUT2D eigenvalue weighted by Gasteiger charge is -2.25. The number of hydrogen-bond acceptors (Lipinski definition) is 2. The van der Waals surface area contributed by atoms with E-state index in [4.69, 9.17) is 0 Å². The Bertz CT molecular complexity index is 641. The molecule has 0 heterocycles. The van der Waals surface area contributed by atoms with E-state index in [-0.39, 0.29) is 11.3 Å². The Morgan fingerprint density at radius 1 is 1.36 bits per heavy atom. The highest BCUT2D eigenvalue weighted by molar-refractivity contribution is 5.95. The number of nitrogens with one attached hydrogen (secondary N) is 1. The first kappa shape index (κ1) is 19.3. The number of carbonyl (C=O) groups is 1. The van der Waals surface area contributed by atoms with E-state index in [1.807, 2.05) is 32.9 Å². The number of nitrogens with zero attached hydrogens (tertiary/aromatic N) is 1. The number of amides is 1. The van der Waals surface area contributed by atoms with Gasteiger partial charge in [0, 0.05) is 29.9 Å². The molecule has 1 unspecified atom stereocenters. The van der Waals surface area contributed by atoms with Crippen LogP contribution < -0.4 is 10.2 Å². The van der Waals surface area contributed by atoms with Crippen molar-refractivity contribution in [2.45, 2.75) is 53.4 Å². The lowest BCUT2D eigenvalue weighted by Crippen LogP contribution is -2.30. The van der Waals surface area contributed by atoms with E-state index in [0.717, 1.165) is 31.6 Å². The molecule has 0 bridgehead atoms. The van der Waals surface area contributed by atoms with Crippen LogP contribution in [0.2, 0.25) is 0 Å². The fourth-order valence-corrected chi connectivity index (χ4v) is 2.95. The fraction of sp³-hybridized carbons (Fsp3) is 0.545. The Balaban J connectivity index is 1.95. The summed E-state index contributed by atoms with van der Waals surface area (Å²) in [6.45, 7) is 10.2. The van der Waals surface area contributed by atoms with Gasteiger partial charge in [0.15, 0.2) is 0 Å². The molecule has 0 aromatic heterocycles. The zero-order valence-electron chi connectivity index (χ0n) is 16.1. The first-order valence-electron chi connectivity index (χ1n) is 9.53. The van der Waals surface area contributed by atoms with Crippen LogP contribution >= 0.6 is 0 Å². The third-order valence-electron chi connectivity index (χ3n) is 5.22. The van der Waals surface area contributed by atoms with Crippen molar-refractivity contribution in [3.8, 4) is 0 Å². The van der Waals surface area contributed by atoms with Crippen molar-refractivity contribution in [1.29, 1.82) is 0 Å². The second kappa shape index (κ2) is 8.92. The third kappa shape index (κ3) is 5.51. The van der Waals surface area contributed by atoms with Crippen LogP contribution in [0.15, 0.2) is 42.1 Å². The SMILES string of the molecule is CCN(CCCC1C=C=CC1)c1cccc(NC(=O)C(C)(C)CC)c1. The molecule has 0 radical (unpaired) electrons. The van der Waals surface area contributed by atoms with Gasteiger partial charge in [-0.15, -0.1) is 5.73 Å². The summed E-state index contributed by atoms with van der Waals surface area (Å²) in [7, 11) is 0. The highest BCUT2D eigenvalue weighted by atomic mass is 16.2. The van der Waals surface area contributed by atoms with Gasteiger partial charge in [0.1, 0.15) is 0 Å². The van der Waals surface area contributed by atoms with Gasteiger partial charge in [-0.25, -0.2) is 0 Å². The molecule has 0 spiro atoms. The Morgan fingerprint density at radius 2 is 2.16 bits per heavy atom. The molecule has 136 valence electrons. The number of carbonyl (C=O) groups excluding carboxylic acids is 1. The van der Waals surface area contributed by atoms with Gasteiger partial charge < -0.3 is 10.2 Å². The molecule has 3 nitrogen and oxygen atoms in total. The smallest absolute Gasteiger partial charge is 0.230 e. The zero-order chi connectivity index (χ0) is 18.3. The largest absolute Gasteiger partial charge is 0.372 e. The maximum Gasteiger partial charge on any atom is 0.230 e. The predicted octanol–water partition coefficient (Wildman–Crippen LogP) is 5.40. The summed E-state index contributed by atoms with van der Waals surface area (Å²) in [4.78, 5) is 14.8. The minimum atomic E-state index is -0.344. The van der Waals surface area contributed by atoms with Crippen molar-refractivity contribution < 1.29 is 4.79 Å². The Morgan fingerprint density at radius 3 is 2.80 bits per heavy atom. The molecule has 0 saturated heterocycles. The molecular formula is C22H32N2O. The van der Waals surface area contributed by atoms with Crippen LogP contribution in [0.4, 0.5) is 11.4 Å². The van der Waals surface area contributed by atoms with Crippen LogP contribution in [0.1, 0.15) is 53.4 Å². The van der Waals surface area contributed by atoms with Crippen LogP contribution in [0, 0.1) is 11.3 Å². The predicted molar refractivity (Wildman–Crippen MR) is 107 cm³/mol. The van der Waals surface area contributed by atoms with Crippen molar-refractivity contribution in [2.24, 2.45) is 11.3 Å². The van der Waals surface area contributed by atoms with Crippen molar-refractivity contribution in [2.75, 3.05) is 23.3 Å². The fourth-order valence-electron chi connectivity index (χ4n) is 2.95. The van der Waals surface area contributed by atoms with Crippen molar-refractivity contribution in [1.82, 2.24) is 0 Å². The van der Waals surface area contributed by atoms with Gasteiger partial charge in [-0.2, -0.15) is 0 Å². The van der Waals surface area contributed by atoms with Crippen molar-refractivity contribution in [3.05, 3.63) is 42.1 Å². The Kier molecular flexibility index (Phi) is 6.90. The minimum absolute atomic E-state index is 0.0794. The molecule has 25 heavy (non-hydrogen) atoms. The highest BCUT2D eigenvalue weighted by Gasteiger charge is 2.25. The van der Waals surface area contributed by atoms with Gasteiger partial charge in [0.25, 0.3) is 0 Å². The van der Waals surface area contributed by atoms with E-state index in [9.17, 15) is 4.79 Å². The van der Waals surface area contributed by atoms with Crippen LogP contribution in [0.3, 0.4) is 0 Å². The molecule has 1 atom stereocenters. The summed E-state index contributed by atoms with van der Waals surface area (Å²) in [6.07, 6.45) is 8.67. The van der Waals surface area contributed by atoms with E-state index in [2.05, 4.69) is 47.2 Å². The second-order valence-corrected chi connectivity index (χ2v) is 7.50. The van der Waals surface area contributed by atoms with Crippen LogP contribution in [0.25, 0.3) is 0 Å². The first-order valence-corrected chi connectivity index (χ1v) is 9.53. The molecule has 1 N–H and O–H groups in total. The third-order valence-corrected chi connectivity index (χ3v) is 5.22. The molecule has 1 aromatic rings. The van der Waals surface area contributed by atoms with Crippen LogP contribution in [0.5, 0.6) is 0 Å². The number of allylic oxidation sites excluding steroid dienone is 1. The number of benzene rings is 1. The zero-order valence-corrected chi connectivity index (χ0v) is 16.1. The summed E-state index contributed by atoms with van der Waals surface area (Å²) in [5, 5.41) is 3.07. The van der Waals surface area contributed by atoms with Gasteiger partial charge in [0.05, 0.1) is 0 Å². The van der Waals surface area contributed by atoms with Crippen LogP contribution in [-0.4, -0.2) is 19.0 Å². The molecule has 0 fully saturated rings. The molecule has 1 aromatic carbocycles. The lowest BCUT2D eigenvalue weighted by atomic mass is 9.89. The van der Waals surface area contributed by atoms with Gasteiger partial charge in [0.2, 0.25) is 5.91 Å². The van der Waals surface area contributed by atoms with Gasteiger partial charge in [-0.1, -0.05) is 26.8 Å². The van der Waals surface area contributed by atoms with Crippen molar-refractivity contribution in [3.63, 3.8) is 0 Å². The van der Waals surface area contributed by atoms with Gasteiger partial charge in [-0.3, -0.25) is 4.79 Å². The minimum Gasteiger partial charge on any atom is -0.372 e. The second-order valence-electron chi connectivity index (χ2n) is 7.50. The number of hydrogen-bond donors (Lipinski definition) is 1. The summed E-state index contributed by atoms with van der Waals surface area (Å²) >= 11 is 0. The van der Waals surface area contributed by atoms with Crippen molar-refractivity contribution >= 4 is 17.3 Å². The normalized spacial score (nSPS) is 16.2. The highest BCUT2D eigenvalue weighted by Crippen LogP contribution is 2.25. The van der Waals surface area contributed by atoms with E-state index >= 15 is 0 Å². The molecule has 3 heteroatoms. The number of rotatable bonds is 9. The summed E-state index contributed by atoms with van der Waals surface area (Å²) < 4.78 is 0. The monoisotopic (exact) mass is 340 g/mol. The quantitative estimate of drug-likeness (QED) is 0.611. The molecule has 1 amide bonds. The van der Waals surface area contributed by atoms with E-state index < -0.39 is 0 Å². The van der Waals surface area contributed by atoms with Gasteiger partial charge >= 0.3 is 0 Å². The van der Waals surface area contributed by atoms with Gasteiger partial charge in [-0.05, 0) is 68.9 Å². The van der Waals surface area contributed by atoms with E-state index in [1.54, 1.807) is 0 Å². The summed E-state index contributed by atoms with van der Waals surface area (Å²) in [5.41, 5.74) is 4.91. The Labute approximate surface area is 152 Å². The molecule has 1 aliphatic rings. The summed E-state index contributed by atoms with van der Waals surface area (Å²) in [5.74, 6) is 0.747. The molecule has 0 aliphatic heterocycles. The molecule has 1 aliphatic carbocycles. The topological polar surface area (TPSA) is 32.3 Å². The molecule has 2 rings (SSSR count). The van der Waals surface area contributed by atoms with E-state index in [0.29, 0.717) is 5.92 Å². The molecule has 0 saturated carbocycles. The maximum absolute atomic E-state index is 12.4. The standard InChI is InChI=1S/C22H32N2O/c1-5-22(3,4)21(25)23-19-14-9-15-20(17-19)24(6-2)16-10-13-18-11-7-8-12-18/h7,9,12,14-15,17-18H,5-6,10-11,13,16H2,1-4H3,(H,23,25). The lowest BCUT2D eigenvalue weighted by molar-refractivity contribution is -0.124. The van der Waals surface area contributed by atoms with Crippen LogP contribution in [-0.2, 0) is 4.79 Å². The average Bonchev–Trinajstić information content (AvgIpc) is 3.12. The number of anilines is 2. The Hall–Kier alpha value is -1.99. The molecular weight excluding hydrogens is 308 g/mol. The average molecular weight is 341 g/mol. The van der Waals surface area contributed by atoms with E-state index in [1.165, 1.54) is 18.5 Å². The maximum atomic E-state index is 12.4. The first-order chi connectivity index (χ1) is 12.0.